The second-order valence-corrected chi connectivity index (χ2v) is 13.0. The van der Waals surface area contributed by atoms with Crippen LogP contribution >= 0.6 is 0 Å². The predicted octanol–water partition coefficient (Wildman–Crippen LogP) is 5.71. The standard InChI is InChI=1S/C31H44F3N5O5/c1-20(2)26-36-28(44-37-26)38-13-10-21(11-14-38)7-6-16-42-23-9-8-22(24(32)18-23)17-25(35-29(41)43-30(3,4)5)27(40)39-15-12-31(33,34)19-39/h8-9,18,20-21,25H,6-7,10-17,19H2,1-5H3,(H,35,41). The van der Waals surface area contributed by atoms with Gasteiger partial charge in [-0.2, -0.15) is 4.98 Å². The Hall–Kier alpha value is -3.51. The van der Waals surface area contributed by atoms with Crippen LogP contribution in [0.2, 0.25) is 0 Å². The highest BCUT2D eigenvalue weighted by Crippen LogP contribution is 2.29. The van der Waals surface area contributed by atoms with Crippen molar-refractivity contribution in [2.45, 2.75) is 96.6 Å². The summed E-state index contributed by atoms with van der Waals surface area (Å²) in [7, 11) is 0. The third-order valence-corrected chi connectivity index (χ3v) is 7.78. The number of nitrogens with one attached hydrogen (secondary N) is 1. The summed E-state index contributed by atoms with van der Waals surface area (Å²) < 4.78 is 59.1. The van der Waals surface area contributed by atoms with Crippen molar-refractivity contribution in [3.05, 3.63) is 35.4 Å². The maximum atomic E-state index is 15.1. The van der Waals surface area contributed by atoms with Gasteiger partial charge in [-0.05, 0) is 64.0 Å². The molecule has 0 radical (unpaired) electrons. The molecule has 2 aromatic rings. The topological polar surface area (TPSA) is 110 Å². The predicted molar refractivity (Wildman–Crippen MR) is 157 cm³/mol. The second kappa shape index (κ2) is 14.1. The van der Waals surface area contributed by atoms with Gasteiger partial charge in [0.2, 0.25) is 5.91 Å². The molecular formula is C31H44F3N5O5. The van der Waals surface area contributed by atoms with E-state index in [0.717, 1.165) is 43.7 Å². The van der Waals surface area contributed by atoms with Crippen molar-refractivity contribution >= 4 is 18.0 Å². The van der Waals surface area contributed by atoms with Crippen LogP contribution in [0.3, 0.4) is 0 Å². The maximum Gasteiger partial charge on any atom is 0.408 e. The van der Waals surface area contributed by atoms with Crippen LogP contribution in [0.15, 0.2) is 22.7 Å². The van der Waals surface area contributed by atoms with Crippen molar-refractivity contribution in [1.82, 2.24) is 20.4 Å². The number of hydrogen-bond donors (Lipinski definition) is 1. The molecule has 2 amide bonds. The first-order chi connectivity index (χ1) is 20.7. The quantitative estimate of drug-likeness (QED) is 0.317. The summed E-state index contributed by atoms with van der Waals surface area (Å²) in [5.41, 5.74) is -0.696. The van der Waals surface area contributed by atoms with Crippen LogP contribution in [0.5, 0.6) is 5.75 Å². The molecule has 2 saturated heterocycles. The Bertz CT molecular complexity index is 1270. The largest absolute Gasteiger partial charge is 0.493 e. The molecule has 44 heavy (non-hydrogen) atoms. The van der Waals surface area contributed by atoms with Gasteiger partial charge in [-0.15, -0.1) is 0 Å². The molecule has 3 heterocycles. The minimum Gasteiger partial charge on any atom is -0.493 e. The molecule has 10 nitrogen and oxygen atoms in total. The first kappa shape index (κ1) is 33.4. The Labute approximate surface area is 256 Å². The van der Waals surface area contributed by atoms with Gasteiger partial charge >= 0.3 is 12.1 Å². The van der Waals surface area contributed by atoms with Gasteiger partial charge in [-0.25, -0.2) is 18.0 Å². The zero-order valence-electron chi connectivity index (χ0n) is 26.2. The Balaban J connectivity index is 1.26. The molecule has 1 aromatic heterocycles. The number of ether oxygens (including phenoxy) is 2. The van der Waals surface area contributed by atoms with E-state index in [2.05, 4.69) is 20.4 Å². The summed E-state index contributed by atoms with van der Waals surface area (Å²) >= 11 is 0. The van der Waals surface area contributed by atoms with Crippen LogP contribution in [0.25, 0.3) is 0 Å². The molecule has 1 unspecified atom stereocenters. The lowest BCUT2D eigenvalue weighted by atomic mass is 9.92. The molecule has 4 rings (SSSR count). The van der Waals surface area contributed by atoms with Gasteiger partial charge in [0.15, 0.2) is 5.82 Å². The van der Waals surface area contributed by atoms with Crippen molar-refractivity contribution in [1.29, 1.82) is 0 Å². The normalized spacial score (nSPS) is 18.0. The van der Waals surface area contributed by atoms with Crippen LogP contribution < -0.4 is 15.0 Å². The summed E-state index contributed by atoms with van der Waals surface area (Å²) in [5, 5.41) is 6.49. The molecule has 1 aromatic carbocycles. The van der Waals surface area contributed by atoms with E-state index in [-0.39, 0.29) is 24.4 Å². The number of alkyl halides is 2. The molecule has 2 fully saturated rings. The number of halogens is 3. The fourth-order valence-electron chi connectivity index (χ4n) is 5.36. The summed E-state index contributed by atoms with van der Waals surface area (Å²) in [6, 6.07) is 3.63. The average molecular weight is 624 g/mol. The first-order valence-electron chi connectivity index (χ1n) is 15.3. The maximum absolute atomic E-state index is 15.1. The number of carbonyl (C=O) groups is 2. The number of likely N-dealkylation sites (tertiary alicyclic amines) is 1. The van der Waals surface area contributed by atoms with E-state index in [9.17, 15) is 18.4 Å². The van der Waals surface area contributed by atoms with E-state index >= 15 is 4.39 Å². The number of anilines is 1. The number of alkyl carbamates (subject to hydrolysis) is 1. The Morgan fingerprint density at radius 1 is 1.18 bits per heavy atom. The van der Waals surface area contributed by atoms with E-state index in [4.69, 9.17) is 14.0 Å². The summed E-state index contributed by atoms with van der Waals surface area (Å²) in [6.45, 7) is 10.3. The fourth-order valence-corrected chi connectivity index (χ4v) is 5.36. The zero-order chi connectivity index (χ0) is 32.1. The lowest BCUT2D eigenvalue weighted by molar-refractivity contribution is -0.133. The molecule has 244 valence electrons. The van der Waals surface area contributed by atoms with Crippen molar-refractivity contribution in [3.8, 4) is 5.75 Å². The molecular weight excluding hydrogens is 579 g/mol. The number of benzene rings is 1. The number of amides is 2. The Morgan fingerprint density at radius 2 is 1.91 bits per heavy atom. The minimum atomic E-state index is -3.00. The number of aromatic nitrogens is 2. The number of piperidine rings is 1. The van der Waals surface area contributed by atoms with Crippen LogP contribution in [-0.4, -0.2) is 77.4 Å². The third kappa shape index (κ3) is 9.49. The number of hydrogen-bond acceptors (Lipinski definition) is 8. The highest BCUT2D eigenvalue weighted by Gasteiger charge is 2.42. The Morgan fingerprint density at radius 3 is 2.50 bits per heavy atom. The highest BCUT2D eigenvalue weighted by atomic mass is 19.3. The lowest BCUT2D eigenvalue weighted by Crippen LogP contribution is -2.50. The van der Waals surface area contributed by atoms with Gasteiger partial charge < -0.3 is 29.1 Å². The molecule has 2 aliphatic rings. The van der Waals surface area contributed by atoms with Gasteiger partial charge in [0, 0.05) is 44.5 Å². The van der Waals surface area contributed by atoms with E-state index in [0.29, 0.717) is 30.1 Å². The highest BCUT2D eigenvalue weighted by molar-refractivity contribution is 5.86. The lowest BCUT2D eigenvalue weighted by Gasteiger charge is -2.30. The van der Waals surface area contributed by atoms with Crippen molar-refractivity contribution in [3.63, 3.8) is 0 Å². The van der Waals surface area contributed by atoms with Gasteiger partial charge in [0.05, 0.1) is 13.2 Å². The molecule has 1 atom stereocenters. The van der Waals surface area contributed by atoms with Crippen LogP contribution in [-0.2, 0) is 16.0 Å². The molecule has 0 bridgehead atoms. The summed E-state index contributed by atoms with van der Waals surface area (Å²) in [6.07, 6.45) is 2.23. The Kier molecular flexibility index (Phi) is 10.7. The molecule has 0 aliphatic carbocycles. The van der Waals surface area contributed by atoms with Crippen molar-refractivity contribution in [2.24, 2.45) is 5.92 Å². The van der Waals surface area contributed by atoms with E-state index in [1.807, 2.05) is 13.8 Å². The molecule has 0 saturated carbocycles. The molecule has 0 spiro atoms. The SMILES string of the molecule is CC(C)c1noc(N2CCC(CCCOc3ccc(CC(NC(=O)OC(C)(C)C)C(=O)N4CCC(F)(F)C4)c(F)c3)CC2)n1. The van der Waals surface area contributed by atoms with Crippen LogP contribution in [0, 0.1) is 11.7 Å². The number of rotatable bonds is 11. The first-order valence-corrected chi connectivity index (χ1v) is 15.3. The minimum absolute atomic E-state index is 0.145. The van der Waals surface area contributed by atoms with E-state index in [1.54, 1.807) is 26.8 Å². The van der Waals surface area contributed by atoms with Gasteiger partial charge in [0.25, 0.3) is 5.92 Å². The van der Waals surface area contributed by atoms with E-state index < -0.39 is 48.3 Å². The summed E-state index contributed by atoms with van der Waals surface area (Å²) in [5.74, 6) is -2.51. The molecule has 1 N–H and O–H groups in total. The zero-order valence-corrected chi connectivity index (χ0v) is 26.2. The van der Waals surface area contributed by atoms with Gasteiger partial charge in [0.1, 0.15) is 23.2 Å². The van der Waals surface area contributed by atoms with Crippen molar-refractivity contribution in [2.75, 3.05) is 37.7 Å². The smallest absolute Gasteiger partial charge is 0.408 e. The second-order valence-electron chi connectivity index (χ2n) is 13.0. The number of nitrogens with zero attached hydrogens (tertiary/aromatic N) is 4. The van der Waals surface area contributed by atoms with E-state index in [1.165, 1.54) is 12.1 Å². The fraction of sp³-hybridized carbons (Fsp3) is 0.677. The average Bonchev–Trinajstić information content (AvgIpc) is 3.58. The summed E-state index contributed by atoms with van der Waals surface area (Å²) in [4.78, 5) is 33.1. The van der Waals surface area contributed by atoms with Crippen LogP contribution in [0.1, 0.15) is 84.0 Å². The molecule has 13 heteroatoms. The van der Waals surface area contributed by atoms with Crippen molar-refractivity contribution < 1.29 is 36.8 Å². The number of carbonyl (C=O) groups excluding carboxylic acids is 2. The van der Waals surface area contributed by atoms with Gasteiger partial charge in [-0.3, -0.25) is 4.79 Å². The monoisotopic (exact) mass is 623 g/mol. The molecule has 2 aliphatic heterocycles. The third-order valence-electron chi connectivity index (χ3n) is 7.78. The van der Waals surface area contributed by atoms with Gasteiger partial charge in [-0.1, -0.05) is 25.1 Å². The van der Waals surface area contributed by atoms with Crippen LogP contribution in [0.4, 0.5) is 24.0 Å².